The Morgan fingerprint density at radius 2 is 1.58 bits per heavy atom. The molecule has 1 amide bonds. The number of ketones is 1. The quantitative estimate of drug-likeness (QED) is 0.335. The lowest BCUT2D eigenvalue weighted by Gasteiger charge is -2.28. The van der Waals surface area contributed by atoms with Gasteiger partial charge < -0.3 is 24.4 Å². The molecule has 3 rings (SSSR count). The molecule has 7 nitrogen and oxygen atoms in total. The van der Waals surface area contributed by atoms with Gasteiger partial charge in [-0.1, -0.05) is 26.0 Å². The van der Waals surface area contributed by atoms with E-state index >= 15 is 0 Å². The van der Waals surface area contributed by atoms with Gasteiger partial charge in [0, 0.05) is 18.7 Å². The second-order valence-electron chi connectivity index (χ2n) is 7.75. The predicted octanol–water partition coefficient (Wildman–Crippen LogP) is 3.86. The van der Waals surface area contributed by atoms with Gasteiger partial charge in [0.05, 0.1) is 25.3 Å². The van der Waals surface area contributed by atoms with E-state index in [-0.39, 0.29) is 11.3 Å². The number of ether oxygens (including phenoxy) is 2. The van der Waals surface area contributed by atoms with E-state index in [2.05, 4.69) is 18.7 Å². The van der Waals surface area contributed by atoms with Gasteiger partial charge in [-0.15, -0.1) is 0 Å². The molecule has 176 valence electrons. The number of methoxy groups -OCH3 is 1. The predicted molar refractivity (Wildman–Crippen MR) is 127 cm³/mol. The van der Waals surface area contributed by atoms with Crippen molar-refractivity contribution in [2.45, 2.75) is 26.8 Å². The number of hydrogen-bond acceptors (Lipinski definition) is 6. The molecule has 1 N–H and O–H groups in total. The molecular weight excluding hydrogens is 420 g/mol. The summed E-state index contributed by atoms with van der Waals surface area (Å²) in [6.07, 6.45) is 0. The smallest absolute Gasteiger partial charge is 0.295 e. The van der Waals surface area contributed by atoms with E-state index in [1.165, 1.54) is 0 Å². The molecule has 1 aliphatic rings. The first-order valence-corrected chi connectivity index (χ1v) is 11.3. The van der Waals surface area contributed by atoms with Crippen molar-refractivity contribution in [1.29, 1.82) is 0 Å². The monoisotopic (exact) mass is 452 g/mol. The zero-order chi connectivity index (χ0) is 24.0. The second kappa shape index (κ2) is 11.0. The van der Waals surface area contributed by atoms with Crippen molar-refractivity contribution < 1.29 is 24.2 Å². The number of carbonyl (C=O) groups is 2. The van der Waals surface area contributed by atoms with Gasteiger partial charge in [0.15, 0.2) is 0 Å². The highest BCUT2D eigenvalue weighted by Crippen LogP contribution is 2.39. The van der Waals surface area contributed by atoms with Gasteiger partial charge in [0.2, 0.25) is 0 Å². The van der Waals surface area contributed by atoms with Crippen LogP contribution in [0.5, 0.6) is 11.5 Å². The number of likely N-dealkylation sites (tertiary alicyclic amines) is 1. The fourth-order valence-electron chi connectivity index (χ4n) is 4.06. The third-order valence-electron chi connectivity index (χ3n) is 5.96. The number of hydrogen-bond donors (Lipinski definition) is 1. The van der Waals surface area contributed by atoms with E-state index in [1.54, 1.807) is 48.4 Å². The minimum atomic E-state index is -0.682. The fourth-order valence-corrected chi connectivity index (χ4v) is 4.06. The van der Waals surface area contributed by atoms with E-state index in [1.807, 2.05) is 19.1 Å². The van der Waals surface area contributed by atoms with Crippen molar-refractivity contribution in [2.75, 3.05) is 39.9 Å². The standard InChI is InChI=1S/C26H32N2O5/c1-5-27(6-2)16-17-28-23(18-8-12-20(32-4)13-9-18)22(25(30)26(28)31)24(29)19-10-14-21(15-11-19)33-7-3/h8-15,23,29H,5-7,16-17H2,1-4H3/b24-22+/t23-/m0/s1. The lowest BCUT2D eigenvalue weighted by atomic mass is 9.95. The molecule has 0 bridgehead atoms. The van der Waals surface area contributed by atoms with Crippen LogP contribution in [0.15, 0.2) is 54.1 Å². The molecular formula is C26H32N2O5. The van der Waals surface area contributed by atoms with E-state index in [9.17, 15) is 14.7 Å². The van der Waals surface area contributed by atoms with Crippen LogP contribution in [-0.4, -0.2) is 66.5 Å². The average Bonchev–Trinajstić information content (AvgIpc) is 3.10. The van der Waals surface area contributed by atoms with Gasteiger partial charge in [0.25, 0.3) is 11.7 Å². The van der Waals surface area contributed by atoms with Crippen LogP contribution < -0.4 is 9.47 Å². The Morgan fingerprint density at radius 3 is 2.12 bits per heavy atom. The zero-order valence-electron chi connectivity index (χ0n) is 19.7. The number of aliphatic hydroxyl groups is 1. The Hall–Kier alpha value is -3.32. The third-order valence-corrected chi connectivity index (χ3v) is 5.96. The highest BCUT2D eigenvalue weighted by Gasteiger charge is 2.45. The maximum Gasteiger partial charge on any atom is 0.295 e. The maximum atomic E-state index is 13.1. The van der Waals surface area contributed by atoms with Crippen molar-refractivity contribution in [3.05, 3.63) is 65.2 Å². The van der Waals surface area contributed by atoms with Crippen molar-refractivity contribution in [1.82, 2.24) is 9.80 Å². The number of rotatable bonds is 10. The molecule has 2 aromatic rings. The molecule has 1 heterocycles. The van der Waals surface area contributed by atoms with Gasteiger partial charge in [0.1, 0.15) is 17.3 Å². The Balaban J connectivity index is 2.05. The molecule has 0 aliphatic carbocycles. The second-order valence-corrected chi connectivity index (χ2v) is 7.75. The van der Waals surface area contributed by atoms with E-state index in [0.717, 1.165) is 18.7 Å². The number of benzene rings is 2. The third kappa shape index (κ3) is 5.20. The molecule has 0 saturated carbocycles. The van der Waals surface area contributed by atoms with E-state index in [4.69, 9.17) is 9.47 Å². The normalized spacial score (nSPS) is 17.6. The first-order valence-electron chi connectivity index (χ1n) is 11.3. The SMILES string of the molecule is CCOc1ccc(/C(O)=C2\C(=O)C(=O)N(CCN(CC)CC)[C@H]2c2ccc(OC)cc2)cc1. The molecule has 2 aromatic carbocycles. The number of carbonyl (C=O) groups excluding carboxylic acids is 2. The molecule has 1 fully saturated rings. The number of amides is 1. The molecule has 33 heavy (non-hydrogen) atoms. The van der Waals surface area contributed by atoms with Crippen LogP contribution in [0, 0.1) is 0 Å². The van der Waals surface area contributed by atoms with Crippen molar-refractivity contribution in [3.8, 4) is 11.5 Å². The molecule has 1 aliphatic heterocycles. The first kappa shape index (κ1) is 24.3. The maximum absolute atomic E-state index is 13.1. The summed E-state index contributed by atoms with van der Waals surface area (Å²) in [6.45, 7) is 9.25. The van der Waals surface area contributed by atoms with Crippen LogP contribution in [0.3, 0.4) is 0 Å². The molecule has 0 aromatic heterocycles. The highest BCUT2D eigenvalue weighted by atomic mass is 16.5. The Bertz CT molecular complexity index is 994. The summed E-state index contributed by atoms with van der Waals surface area (Å²) in [5.74, 6) is -0.134. The average molecular weight is 453 g/mol. The molecule has 1 saturated heterocycles. The summed E-state index contributed by atoms with van der Waals surface area (Å²) in [5.41, 5.74) is 1.29. The summed E-state index contributed by atoms with van der Waals surface area (Å²) < 4.78 is 10.7. The number of likely N-dealkylation sites (N-methyl/N-ethyl adjacent to an activating group) is 1. The first-order chi connectivity index (χ1) is 15.9. The van der Waals surface area contributed by atoms with Crippen LogP contribution in [0.1, 0.15) is 37.9 Å². The molecule has 0 unspecified atom stereocenters. The number of Topliss-reactive ketones (excluding diaryl/α,β-unsaturated/α-hetero) is 1. The highest BCUT2D eigenvalue weighted by molar-refractivity contribution is 6.46. The van der Waals surface area contributed by atoms with Crippen LogP contribution in [0.2, 0.25) is 0 Å². The summed E-state index contributed by atoms with van der Waals surface area (Å²) in [5, 5.41) is 11.2. The van der Waals surface area contributed by atoms with Gasteiger partial charge >= 0.3 is 0 Å². The van der Waals surface area contributed by atoms with Gasteiger partial charge in [-0.25, -0.2) is 0 Å². The van der Waals surface area contributed by atoms with Crippen LogP contribution in [0.25, 0.3) is 5.76 Å². The minimum Gasteiger partial charge on any atom is -0.507 e. The lowest BCUT2D eigenvalue weighted by molar-refractivity contribution is -0.140. The fraction of sp³-hybridized carbons (Fsp3) is 0.385. The summed E-state index contributed by atoms with van der Waals surface area (Å²) in [4.78, 5) is 29.9. The van der Waals surface area contributed by atoms with Crippen LogP contribution in [0.4, 0.5) is 0 Å². The largest absolute Gasteiger partial charge is 0.507 e. The summed E-state index contributed by atoms with van der Waals surface area (Å²) in [6, 6.07) is 13.4. The van der Waals surface area contributed by atoms with Crippen LogP contribution >= 0.6 is 0 Å². The lowest BCUT2D eigenvalue weighted by Crippen LogP contribution is -2.38. The molecule has 0 spiro atoms. The molecule has 0 radical (unpaired) electrons. The van der Waals surface area contributed by atoms with Gasteiger partial charge in [-0.2, -0.15) is 0 Å². The Kier molecular flexibility index (Phi) is 8.11. The van der Waals surface area contributed by atoms with Crippen molar-refractivity contribution in [3.63, 3.8) is 0 Å². The Morgan fingerprint density at radius 1 is 0.970 bits per heavy atom. The van der Waals surface area contributed by atoms with Crippen molar-refractivity contribution in [2.24, 2.45) is 0 Å². The number of nitrogens with zero attached hydrogens (tertiary/aromatic N) is 2. The summed E-state index contributed by atoms with van der Waals surface area (Å²) in [7, 11) is 1.58. The van der Waals surface area contributed by atoms with Crippen LogP contribution in [-0.2, 0) is 9.59 Å². The number of aliphatic hydroxyl groups excluding tert-OH is 1. The van der Waals surface area contributed by atoms with Gasteiger partial charge in [-0.3, -0.25) is 9.59 Å². The van der Waals surface area contributed by atoms with Crippen molar-refractivity contribution >= 4 is 17.4 Å². The topological polar surface area (TPSA) is 79.3 Å². The van der Waals surface area contributed by atoms with E-state index in [0.29, 0.717) is 36.8 Å². The van der Waals surface area contributed by atoms with Gasteiger partial charge in [-0.05, 0) is 62.0 Å². The minimum absolute atomic E-state index is 0.0915. The molecule has 1 atom stereocenters. The zero-order valence-corrected chi connectivity index (χ0v) is 19.7. The van der Waals surface area contributed by atoms with E-state index < -0.39 is 17.7 Å². The molecule has 7 heteroatoms. The summed E-state index contributed by atoms with van der Waals surface area (Å²) >= 11 is 0. The Labute approximate surface area is 195 Å².